The number of ether oxygens (including phenoxy) is 1. The first-order chi connectivity index (χ1) is 10.5. The lowest BCUT2D eigenvalue weighted by Gasteiger charge is -2.27. The molecule has 1 aliphatic heterocycles. The van der Waals surface area contributed by atoms with Gasteiger partial charge in [0.15, 0.2) is 0 Å². The molecule has 2 atom stereocenters. The molecule has 0 saturated carbocycles. The van der Waals surface area contributed by atoms with Crippen LogP contribution in [0.3, 0.4) is 0 Å². The third-order valence-electron chi connectivity index (χ3n) is 3.77. The number of rotatable bonds is 4. The van der Waals surface area contributed by atoms with Gasteiger partial charge in [0.2, 0.25) is 11.8 Å². The lowest BCUT2D eigenvalue weighted by molar-refractivity contribution is -0.121. The van der Waals surface area contributed by atoms with Gasteiger partial charge in [-0.25, -0.2) is 0 Å². The molecule has 0 aromatic heterocycles. The molecule has 0 unspecified atom stereocenters. The molecule has 1 fully saturated rings. The first kappa shape index (κ1) is 19.3. The summed E-state index contributed by atoms with van der Waals surface area (Å²) < 4.78 is 5.27. The third kappa shape index (κ3) is 5.41. The van der Waals surface area contributed by atoms with Crippen LogP contribution in [0, 0.1) is 5.92 Å². The van der Waals surface area contributed by atoms with Gasteiger partial charge in [0, 0.05) is 24.6 Å². The van der Waals surface area contributed by atoms with Gasteiger partial charge >= 0.3 is 0 Å². The van der Waals surface area contributed by atoms with Gasteiger partial charge in [-0.15, -0.1) is 12.4 Å². The van der Waals surface area contributed by atoms with Crippen LogP contribution in [0.5, 0.6) is 5.75 Å². The van der Waals surface area contributed by atoms with Crippen LogP contribution in [0.25, 0.3) is 0 Å². The summed E-state index contributed by atoms with van der Waals surface area (Å²) in [6, 6.07) is 5.52. The van der Waals surface area contributed by atoms with Crippen molar-refractivity contribution in [2.45, 2.75) is 32.7 Å². The highest BCUT2D eigenvalue weighted by molar-refractivity contribution is 5.96. The van der Waals surface area contributed by atoms with Gasteiger partial charge in [-0.1, -0.05) is 0 Å². The Morgan fingerprint density at radius 1 is 1.30 bits per heavy atom. The number of piperidine rings is 1. The molecule has 1 heterocycles. The normalized spacial score (nSPS) is 20.1. The van der Waals surface area contributed by atoms with E-state index in [9.17, 15) is 9.59 Å². The zero-order chi connectivity index (χ0) is 16.1. The number of hydrogen-bond donors (Lipinski definition) is 3. The SMILES string of the molecule is COc1ccc(NC(C)=O)cc1NC(=O)[C@H]1CCN[C@@H](C)C1.Cl. The zero-order valence-electron chi connectivity index (χ0n) is 13.6. The maximum atomic E-state index is 12.4. The number of benzene rings is 1. The molecule has 128 valence electrons. The fourth-order valence-corrected chi connectivity index (χ4v) is 2.69. The average Bonchev–Trinajstić information content (AvgIpc) is 2.47. The molecule has 0 radical (unpaired) electrons. The van der Waals surface area contributed by atoms with E-state index >= 15 is 0 Å². The van der Waals surface area contributed by atoms with Crippen molar-refractivity contribution in [2.24, 2.45) is 5.92 Å². The molecule has 3 N–H and O–H groups in total. The minimum Gasteiger partial charge on any atom is -0.495 e. The summed E-state index contributed by atoms with van der Waals surface area (Å²) in [5.41, 5.74) is 1.20. The summed E-state index contributed by atoms with van der Waals surface area (Å²) in [6.07, 6.45) is 1.64. The summed E-state index contributed by atoms with van der Waals surface area (Å²) in [5.74, 6) is 0.399. The molecule has 0 aliphatic carbocycles. The van der Waals surface area contributed by atoms with Crippen LogP contribution in [-0.2, 0) is 9.59 Å². The van der Waals surface area contributed by atoms with E-state index < -0.39 is 0 Å². The molecule has 1 saturated heterocycles. The van der Waals surface area contributed by atoms with E-state index in [0.29, 0.717) is 23.2 Å². The van der Waals surface area contributed by atoms with E-state index in [1.807, 2.05) is 0 Å². The predicted molar refractivity (Wildman–Crippen MR) is 93.4 cm³/mol. The van der Waals surface area contributed by atoms with Crippen LogP contribution in [0.4, 0.5) is 11.4 Å². The topological polar surface area (TPSA) is 79.5 Å². The number of carbonyl (C=O) groups excluding carboxylic acids is 2. The number of nitrogens with one attached hydrogen (secondary N) is 3. The lowest BCUT2D eigenvalue weighted by Crippen LogP contribution is -2.40. The predicted octanol–water partition coefficient (Wildman–Crippen LogP) is 2.40. The molecule has 7 heteroatoms. The molecule has 0 spiro atoms. The fraction of sp³-hybridized carbons (Fsp3) is 0.500. The maximum Gasteiger partial charge on any atom is 0.227 e. The minimum absolute atomic E-state index is 0. The van der Waals surface area contributed by atoms with E-state index in [4.69, 9.17) is 4.74 Å². The van der Waals surface area contributed by atoms with Crippen LogP contribution in [0.2, 0.25) is 0 Å². The second kappa shape index (κ2) is 8.74. The van der Waals surface area contributed by atoms with Crippen molar-refractivity contribution in [3.05, 3.63) is 18.2 Å². The second-order valence-corrected chi connectivity index (χ2v) is 5.66. The molecule has 0 bridgehead atoms. The number of hydrogen-bond acceptors (Lipinski definition) is 4. The van der Waals surface area contributed by atoms with Crippen LogP contribution < -0.4 is 20.7 Å². The van der Waals surface area contributed by atoms with Gasteiger partial charge in [-0.3, -0.25) is 9.59 Å². The standard InChI is InChI=1S/C16H23N3O3.ClH/c1-10-8-12(6-7-17-10)16(21)19-14-9-13(18-11(2)20)4-5-15(14)22-3;/h4-5,9-10,12,17H,6-8H2,1-3H3,(H,18,20)(H,19,21);1H/t10-,12-;/m0./s1. The molecule has 1 aromatic rings. The van der Waals surface area contributed by atoms with E-state index in [-0.39, 0.29) is 30.1 Å². The Hall–Kier alpha value is -1.79. The number of halogens is 1. The van der Waals surface area contributed by atoms with Gasteiger partial charge in [-0.05, 0) is 44.5 Å². The average molecular weight is 342 g/mol. The fourth-order valence-electron chi connectivity index (χ4n) is 2.69. The van der Waals surface area contributed by atoms with Gasteiger partial charge in [0.25, 0.3) is 0 Å². The van der Waals surface area contributed by atoms with Gasteiger partial charge in [0.05, 0.1) is 12.8 Å². The van der Waals surface area contributed by atoms with Crippen LogP contribution in [0.1, 0.15) is 26.7 Å². The molecule has 23 heavy (non-hydrogen) atoms. The molecule has 2 amide bonds. The lowest BCUT2D eigenvalue weighted by atomic mass is 9.92. The van der Waals surface area contributed by atoms with Crippen molar-refractivity contribution in [2.75, 3.05) is 24.3 Å². The Kier molecular flexibility index (Phi) is 7.32. The van der Waals surface area contributed by atoms with E-state index in [1.165, 1.54) is 6.92 Å². The summed E-state index contributed by atoms with van der Waals surface area (Å²) in [6.45, 7) is 4.37. The highest BCUT2D eigenvalue weighted by atomic mass is 35.5. The molecular weight excluding hydrogens is 318 g/mol. The Balaban J connectivity index is 0.00000264. The summed E-state index contributed by atoms with van der Waals surface area (Å²) in [4.78, 5) is 23.6. The zero-order valence-corrected chi connectivity index (χ0v) is 14.5. The van der Waals surface area contributed by atoms with Crippen LogP contribution in [0.15, 0.2) is 18.2 Å². The van der Waals surface area contributed by atoms with Crippen molar-refractivity contribution in [1.29, 1.82) is 0 Å². The van der Waals surface area contributed by atoms with Gasteiger partial charge < -0.3 is 20.7 Å². The minimum atomic E-state index is -0.158. The van der Waals surface area contributed by atoms with Gasteiger partial charge in [-0.2, -0.15) is 0 Å². The van der Waals surface area contributed by atoms with E-state index in [0.717, 1.165) is 19.4 Å². The quantitative estimate of drug-likeness (QED) is 0.785. The Bertz CT molecular complexity index is 566. The molecule has 2 rings (SSSR count). The van der Waals surface area contributed by atoms with E-state index in [1.54, 1.807) is 25.3 Å². The highest BCUT2D eigenvalue weighted by Crippen LogP contribution is 2.29. The largest absolute Gasteiger partial charge is 0.495 e. The van der Waals surface area contributed by atoms with Crippen LogP contribution in [-0.4, -0.2) is 31.5 Å². The first-order valence-corrected chi connectivity index (χ1v) is 7.49. The van der Waals surface area contributed by atoms with Crippen LogP contribution >= 0.6 is 12.4 Å². The number of carbonyl (C=O) groups is 2. The number of anilines is 2. The molecule has 6 nitrogen and oxygen atoms in total. The molecule has 1 aliphatic rings. The number of amides is 2. The maximum absolute atomic E-state index is 12.4. The smallest absolute Gasteiger partial charge is 0.227 e. The van der Waals surface area contributed by atoms with Crippen molar-refractivity contribution in [3.8, 4) is 5.75 Å². The third-order valence-corrected chi connectivity index (χ3v) is 3.77. The van der Waals surface area contributed by atoms with Crippen molar-refractivity contribution in [3.63, 3.8) is 0 Å². The monoisotopic (exact) mass is 341 g/mol. The molecule has 1 aromatic carbocycles. The Morgan fingerprint density at radius 2 is 2.04 bits per heavy atom. The Labute approximate surface area is 142 Å². The summed E-state index contributed by atoms with van der Waals surface area (Å²) in [7, 11) is 1.55. The first-order valence-electron chi connectivity index (χ1n) is 7.49. The van der Waals surface area contributed by atoms with Crippen molar-refractivity contribution < 1.29 is 14.3 Å². The van der Waals surface area contributed by atoms with Crippen molar-refractivity contribution >= 4 is 35.6 Å². The highest BCUT2D eigenvalue weighted by Gasteiger charge is 2.25. The second-order valence-electron chi connectivity index (χ2n) is 5.66. The summed E-state index contributed by atoms with van der Waals surface area (Å²) >= 11 is 0. The summed E-state index contributed by atoms with van der Waals surface area (Å²) in [5, 5.41) is 8.95. The Morgan fingerprint density at radius 3 is 2.65 bits per heavy atom. The number of methoxy groups -OCH3 is 1. The molecular formula is C16H24ClN3O3. The van der Waals surface area contributed by atoms with Crippen molar-refractivity contribution in [1.82, 2.24) is 5.32 Å². The van der Waals surface area contributed by atoms with E-state index in [2.05, 4.69) is 22.9 Å². The van der Waals surface area contributed by atoms with Gasteiger partial charge in [0.1, 0.15) is 5.75 Å².